The first-order chi connectivity index (χ1) is 12.0. The number of hydrogen-bond donors (Lipinski definition) is 3. The third-order valence-electron chi connectivity index (χ3n) is 4.47. The van der Waals surface area contributed by atoms with Crippen LogP contribution in [0.5, 0.6) is 0 Å². The molecular formula is C20H31N3O2. The molecule has 1 aliphatic carbocycles. The van der Waals surface area contributed by atoms with Crippen molar-refractivity contribution in [2.45, 2.75) is 65.0 Å². The molecule has 0 saturated heterocycles. The maximum Gasteiger partial charge on any atom is 0.321 e. The normalized spacial score (nSPS) is 15.0. The fourth-order valence-electron chi connectivity index (χ4n) is 2.83. The zero-order valence-electron chi connectivity index (χ0n) is 15.6. The smallest absolute Gasteiger partial charge is 0.321 e. The molecule has 3 N–H and O–H groups in total. The molecule has 5 nitrogen and oxygen atoms in total. The molecule has 0 heterocycles. The summed E-state index contributed by atoms with van der Waals surface area (Å²) in [4.78, 5) is 23.6. The van der Waals surface area contributed by atoms with Crippen LogP contribution in [-0.4, -0.2) is 24.5 Å². The van der Waals surface area contributed by atoms with Crippen LogP contribution in [-0.2, 0) is 11.2 Å². The lowest BCUT2D eigenvalue weighted by Gasteiger charge is -2.23. The summed E-state index contributed by atoms with van der Waals surface area (Å²) >= 11 is 0. The Labute approximate surface area is 151 Å². The van der Waals surface area contributed by atoms with Crippen molar-refractivity contribution < 1.29 is 9.59 Å². The number of rotatable bonds is 9. The summed E-state index contributed by atoms with van der Waals surface area (Å²) in [7, 11) is 0. The quantitative estimate of drug-likeness (QED) is 0.643. The van der Waals surface area contributed by atoms with E-state index in [1.807, 2.05) is 0 Å². The van der Waals surface area contributed by atoms with Crippen molar-refractivity contribution in [1.82, 2.24) is 16.0 Å². The molecule has 25 heavy (non-hydrogen) atoms. The first kappa shape index (κ1) is 19.4. The molecule has 0 aromatic heterocycles. The van der Waals surface area contributed by atoms with E-state index in [1.165, 1.54) is 24.0 Å². The molecule has 1 atom stereocenters. The van der Waals surface area contributed by atoms with E-state index in [-0.39, 0.29) is 24.5 Å². The van der Waals surface area contributed by atoms with Crippen LogP contribution in [0.1, 0.15) is 63.6 Å². The first-order valence-corrected chi connectivity index (χ1v) is 9.42. The van der Waals surface area contributed by atoms with Gasteiger partial charge in [-0.25, -0.2) is 4.79 Å². The molecule has 0 spiro atoms. The Hall–Kier alpha value is -1.88. The summed E-state index contributed by atoms with van der Waals surface area (Å²) in [6.07, 6.45) is 5.51. The fourth-order valence-corrected chi connectivity index (χ4v) is 2.83. The predicted octanol–water partition coefficient (Wildman–Crippen LogP) is 3.30. The van der Waals surface area contributed by atoms with Crippen molar-refractivity contribution in [2.75, 3.05) is 6.54 Å². The summed E-state index contributed by atoms with van der Waals surface area (Å²) in [5, 5.41) is 8.41. The Balaban J connectivity index is 1.84. The highest BCUT2D eigenvalue weighted by Gasteiger charge is 2.24. The highest BCUT2D eigenvalue weighted by atomic mass is 16.2. The summed E-state index contributed by atoms with van der Waals surface area (Å²) in [6.45, 7) is 6.57. The largest absolute Gasteiger partial charge is 0.335 e. The van der Waals surface area contributed by atoms with Gasteiger partial charge < -0.3 is 10.6 Å². The summed E-state index contributed by atoms with van der Waals surface area (Å²) in [5.41, 5.74) is 2.52. The molecule has 1 saturated carbocycles. The SMILES string of the molecule is CCCCc1ccc([C@@H](NCC(=O)NC(=O)NC2CC2)C(C)C)cc1. The molecule has 1 aromatic rings. The third-order valence-corrected chi connectivity index (χ3v) is 4.47. The van der Waals surface area contributed by atoms with Crippen LogP contribution in [0, 0.1) is 5.92 Å². The van der Waals surface area contributed by atoms with Crippen LogP contribution in [0.4, 0.5) is 4.79 Å². The van der Waals surface area contributed by atoms with Crippen molar-refractivity contribution >= 4 is 11.9 Å². The van der Waals surface area contributed by atoms with Crippen molar-refractivity contribution in [3.05, 3.63) is 35.4 Å². The van der Waals surface area contributed by atoms with Gasteiger partial charge in [-0.2, -0.15) is 0 Å². The summed E-state index contributed by atoms with van der Waals surface area (Å²) in [5.74, 6) is 0.0398. The van der Waals surface area contributed by atoms with E-state index in [0.29, 0.717) is 5.92 Å². The number of imide groups is 1. The Bertz CT molecular complexity index is 565. The second-order valence-corrected chi connectivity index (χ2v) is 7.24. The summed E-state index contributed by atoms with van der Waals surface area (Å²) in [6, 6.07) is 8.56. The number of urea groups is 1. The standard InChI is InChI=1S/C20H31N3O2/c1-4-5-6-15-7-9-16(10-8-15)19(14(2)3)21-13-18(24)23-20(25)22-17-11-12-17/h7-10,14,17,19,21H,4-6,11-13H2,1-3H3,(H2,22,23,24,25)/t19-/m0/s1. The molecule has 0 unspecified atom stereocenters. The molecule has 0 bridgehead atoms. The molecule has 0 aliphatic heterocycles. The van der Waals surface area contributed by atoms with E-state index < -0.39 is 6.03 Å². The average Bonchev–Trinajstić information content (AvgIpc) is 3.37. The highest BCUT2D eigenvalue weighted by Crippen LogP contribution is 2.22. The second-order valence-electron chi connectivity index (χ2n) is 7.24. The highest BCUT2D eigenvalue weighted by molar-refractivity contribution is 5.95. The lowest BCUT2D eigenvalue weighted by molar-refractivity contribution is -0.119. The Kier molecular flexibility index (Phi) is 7.44. The topological polar surface area (TPSA) is 70.2 Å². The van der Waals surface area contributed by atoms with Gasteiger partial charge in [0.2, 0.25) is 5.91 Å². The van der Waals surface area contributed by atoms with Crippen LogP contribution in [0.2, 0.25) is 0 Å². The number of unbranched alkanes of at least 4 members (excludes halogenated alkanes) is 1. The molecule has 5 heteroatoms. The van der Waals surface area contributed by atoms with Crippen LogP contribution in [0.15, 0.2) is 24.3 Å². The van der Waals surface area contributed by atoms with Gasteiger partial charge in [-0.3, -0.25) is 10.1 Å². The van der Waals surface area contributed by atoms with Crippen molar-refractivity contribution in [2.24, 2.45) is 5.92 Å². The van der Waals surface area contributed by atoms with Gasteiger partial charge in [0, 0.05) is 12.1 Å². The molecule has 138 valence electrons. The molecule has 1 aromatic carbocycles. The molecule has 0 radical (unpaired) electrons. The lowest BCUT2D eigenvalue weighted by atomic mass is 9.94. The van der Waals surface area contributed by atoms with E-state index in [0.717, 1.165) is 19.3 Å². The molecule has 1 aliphatic rings. The maximum atomic E-state index is 12.0. The maximum absolute atomic E-state index is 12.0. The van der Waals surface area contributed by atoms with Crippen molar-refractivity contribution in [3.63, 3.8) is 0 Å². The Morgan fingerprint density at radius 3 is 2.40 bits per heavy atom. The van der Waals surface area contributed by atoms with Gasteiger partial charge in [0.25, 0.3) is 0 Å². The van der Waals surface area contributed by atoms with Crippen molar-refractivity contribution in [1.29, 1.82) is 0 Å². The van der Waals surface area contributed by atoms with Gasteiger partial charge in [-0.1, -0.05) is 51.5 Å². The van der Waals surface area contributed by atoms with Gasteiger partial charge >= 0.3 is 6.03 Å². The zero-order chi connectivity index (χ0) is 18.2. The molecule has 1 fully saturated rings. The number of carbonyl (C=O) groups excluding carboxylic acids is 2. The molecule has 2 rings (SSSR count). The number of nitrogens with one attached hydrogen (secondary N) is 3. The van der Waals surface area contributed by atoms with E-state index in [9.17, 15) is 9.59 Å². The molecule has 3 amide bonds. The molecular weight excluding hydrogens is 314 g/mol. The predicted molar refractivity (Wildman–Crippen MR) is 100 cm³/mol. The lowest BCUT2D eigenvalue weighted by Crippen LogP contribution is -2.45. The average molecular weight is 345 g/mol. The second kappa shape index (κ2) is 9.56. The van der Waals surface area contributed by atoms with E-state index in [4.69, 9.17) is 0 Å². The number of carbonyl (C=O) groups is 2. The van der Waals surface area contributed by atoms with E-state index >= 15 is 0 Å². The van der Waals surface area contributed by atoms with E-state index in [1.54, 1.807) is 0 Å². The third kappa shape index (κ3) is 6.86. The van der Waals surface area contributed by atoms with Gasteiger partial charge in [-0.15, -0.1) is 0 Å². The van der Waals surface area contributed by atoms with Crippen LogP contribution >= 0.6 is 0 Å². The fraction of sp³-hybridized carbons (Fsp3) is 0.600. The van der Waals surface area contributed by atoms with Crippen LogP contribution in [0.3, 0.4) is 0 Å². The van der Waals surface area contributed by atoms with Crippen LogP contribution in [0.25, 0.3) is 0 Å². The number of amides is 3. The van der Waals surface area contributed by atoms with Crippen molar-refractivity contribution in [3.8, 4) is 0 Å². The zero-order valence-corrected chi connectivity index (χ0v) is 15.6. The first-order valence-electron chi connectivity index (χ1n) is 9.42. The number of hydrogen-bond acceptors (Lipinski definition) is 3. The van der Waals surface area contributed by atoms with Gasteiger partial charge in [0.05, 0.1) is 6.54 Å². The minimum atomic E-state index is -0.393. The van der Waals surface area contributed by atoms with Gasteiger partial charge in [-0.05, 0) is 42.7 Å². The number of benzene rings is 1. The summed E-state index contributed by atoms with van der Waals surface area (Å²) < 4.78 is 0. The van der Waals surface area contributed by atoms with E-state index in [2.05, 4.69) is 61.0 Å². The Morgan fingerprint density at radius 1 is 1.16 bits per heavy atom. The van der Waals surface area contributed by atoms with Gasteiger partial charge in [0.1, 0.15) is 0 Å². The van der Waals surface area contributed by atoms with Crippen LogP contribution < -0.4 is 16.0 Å². The Morgan fingerprint density at radius 2 is 1.84 bits per heavy atom. The number of aryl methyl sites for hydroxylation is 1. The minimum absolute atomic E-state index is 0.0810. The minimum Gasteiger partial charge on any atom is -0.335 e. The van der Waals surface area contributed by atoms with Gasteiger partial charge in [0.15, 0.2) is 0 Å². The monoisotopic (exact) mass is 345 g/mol.